The van der Waals surface area contributed by atoms with Gasteiger partial charge in [-0.3, -0.25) is 0 Å². The lowest BCUT2D eigenvalue weighted by Crippen LogP contribution is -2.01. The van der Waals surface area contributed by atoms with Crippen LogP contribution in [0.1, 0.15) is 0 Å². The van der Waals surface area contributed by atoms with Crippen LogP contribution in [0.25, 0.3) is 16.9 Å². The van der Waals surface area contributed by atoms with E-state index < -0.39 is 0 Å². The third kappa shape index (κ3) is 2.12. The Labute approximate surface area is 123 Å². The molecule has 96 valence electrons. The van der Waals surface area contributed by atoms with E-state index in [-0.39, 0.29) is 0 Å². The number of nitrogens with two attached hydrogens (primary N) is 1. The lowest BCUT2D eigenvalue weighted by molar-refractivity contribution is 0.415. The predicted octanol–water partition coefficient (Wildman–Crippen LogP) is 2.59. The summed E-state index contributed by atoms with van der Waals surface area (Å²) in [5.74, 6) is 1.38. The molecule has 6 heteroatoms. The monoisotopic (exact) mass is 366 g/mol. The van der Waals surface area contributed by atoms with Gasteiger partial charge in [0.15, 0.2) is 5.65 Å². The van der Waals surface area contributed by atoms with Crippen molar-refractivity contribution >= 4 is 34.1 Å². The van der Waals surface area contributed by atoms with E-state index in [4.69, 9.17) is 10.5 Å². The fourth-order valence-electron chi connectivity index (χ4n) is 1.87. The molecular formula is C13H11IN4O. The van der Waals surface area contributed by atoms with Crippen LogP contribution in [0.15, 0.2) is 36.5 Å². The molecule has 0 saturated heterocycles. The van der Waals surface area contributed by atoms with Gasteiger partial charge in [-0.05, 0) is 46.9 Å². The van der Waals surface area contributed by atoms with Crippen LogP contribution >= 0.6 is 22.6 Å². The normalized spacial score (nSPS) is 10.8. The van der Waals surface area contributed by atoms with Crippen molar-refractivity contribution in [1.29, 1.82) is 0 Å². The first-order valence-electron chi connectivity index (χ1n) is 5.63. The molecule has 2 aromatic heterocycles. The Morgan fingerprint density at radius 3 is 2.68 bits per heavy atom. The maximum absolute atomic E-state index is 6.00. The number of nitrogen functional groups attached to an aromatic ring is 1. The zero-order valence-corrected chi connectivity index (χ0v) is 12.3. The van der Waals surface area contributed by atoms with Gasteiger partial charge in [-0.15, -0.1) is 0 Å². The third-order valence-electron chi connectivity index (χ3n) is 2.84. The quantitative estimate of drug-likeness (QED) is 0.709. The molecule has 0 aliphatic carbocycles. The SMILES string of the molecule is COc1ccc(-c2cc(N)n3ncc(I)c3n2)cc1. The lowest BCUT2D eigenvalue weighted by Gasteiger charge is -2.06. The number of nitrogens with zero attached hydrogens (tertiary/aromatic N) is 3. The van der Waals surface area contributed by atoms with E-state index in [1.165, 1.54) is 0 Å². The van der Waals surface area contributed by atoms with Crippen molar-refractivity contribution in [3.63, 3.8) is 0 Å². The van der Waals surface area contributed by atoms with Gasteiger partial charge in [0.25, 0.3) is 0 Å². The van der Waals surface area contributed by atoms with Crippen LogP contribution in [0.4, 0.5) is 5.82 Å². The minimum Gasteiger partial charge on any atom is -0.497 e. The molecule has 0 aliphatic rings. The second kappa shape index (κ2) is 4.69. The largest absolute Gasteiger partial charge is 0.497 e. The highest BCUT2D eigenvalue weighted by Crippen LogP contribution is 2.24. The van der Waals surface area contributed by atoms with Crippen LogP contribution in [0.2, 0.25) is 0 Å². The molecule has 0 radical (unpaired) electrons. The summed E-state index contributed by atoms with van der Waals surface area (Å²) < 4.78 is 7.75. The van der Waals surface area contributed by atoms with Crippen LogP contribution in [0, 0.1) is 3.57 Å². The molecule has 0 unspecified atom stereocenters. The van der Waals surface area contributed by atoms with Crippen LogP contribution in [0.5, 0.6) is 5.75 Å². The number of methoxy groups -OCH3 is 1. The van der Waals surface area contributed by atoms with E-state index in [2.05, 4.69) is 32.7 Å². The summed E-state index contributed by atoms with van der Waals surface area (Å²) in [6.07, 6.45) is 1.75. The average molecular weight is 366 g/mol. The summed E-state index contributed by atoms with van der Waals surface area (Å²) in [6.45, 7) is 0. The van der Waals surface area contributed by atoms with Gasteiger partial charge < -0.3 is 10.5 Å². The van der Waals surface area contributed by atoms with Crippen LogP contribution in [0.3, 0.4) is 0 Å². The molecule has 0 fully saturated rings. The van der Waals surface area contributed by atoms with Crippen LogP contribution in [-0.4, -0.2) is 21.7 Å². The second-order valence-electron chi connectivity index (χ2n) is 4.02. The van der Waals surface area contributed by atoms with Crippen molar-refractivity contribution < 1.29 is 4.74 Å². The number of rotatable bonds is 2. The molecule has 0 spiro atoms. The topological polar surface area (TPSA) is 65.4 Å². The summed E-state index contributed by atoms with van der Waals surface area (Å²) in [6, 6.07) is 9.54. The summed E-state index contributed by atoms with van der Waals surface area (Å²) in [5, 5.41) is 4.18. The van der Waals surface area contributed by atoms with Gasteiger partial charge in [-0.2, -0.15) is 9.61 Å². The molecule has 19 heavy (non-hydrogen) atoms. The first kappa shape index (κ1) is 12.2. The zero-order valence-electron chi connectivity index (χ0n) is 10.2. The minimum absolute atomic E-state index is 0.568. The smallest absolute Gasteiger partial charge is 0.171 e. The second-order valence-corrected chi connectivity index (χ2v) is 5.18. The molecule has 0 saturated carbocycles. The molecule has 3 aromatic rings. The predicted molar refractivity (Wildman–Crippen MR) is 82.1 cm³/mol. The minimum atomic E-state index is 0.568. The highest BCUT2D eigenvalue weighted by molar-refractivity contribution is 14.1. The highest BCUT2D eigenvalue weighted by Gasteiger charge is 2.09. The van der Waals surface area contributed by atoms with E-state index >= 15 is 0 Å². The Kier molecular flexibility index (Phi) is 3.02. The molecule has 2 heterocycles. The fourth-order valence-corrected chi connectivity index (χ4v) is 2.34. The lowest BCUT2D eigenvalue weighted by atomic mass is 10.1. The summed E-state index contributed by atoms with van der Waals surface area (Å²) in [7, 11) is 1.64. The van der Waals surface area contributed by atoms with Gasteiger partial charge in [-0.1, -0.05) is 0 Å². The number of hydrogen-bond donors (Lipinski definition) is 1. The first-order valence-corrected chi connectivity index (χ1v) is 6.71. The summed E-state index contributed by atoms with van der Waals surface area (Å²) in [4.78, 5) is 4.59. The molecule has 2 N–H and O–H groups in total. The van der Waals surface area contributed by atoms with E-state index in [1.807, 2.05) is 30.3 Å². The molecule has 0 aliphatic heterocycles. The molecule has 0 bridgehead atoms. The Bertz CT molecular complexity index is 736. The summed E-state index contributed by atoms with van der Waals surface area (Å²) >= 11 is 2.20. The van der Waals surface area contributed by atoms with Crippen molar-refractivity contribution in [2.24, 2.45) is 0 Å². The Hall–Kier alpha value is -1.83. The maximum Gasteiger partial charge on any atom is 0.171 e. The number of hydrogen-bond acceptors (Lipinski definition) is 4. The molecule has 1 aromatic carbocycles. The van der Waals surface area contributed by atoms with E-state index in [0.717, 1.165) is 26.2 Å². The van der Waals surface area contributed by atoms with Gasteiger partial charge >= 0.3 is 0 Å². The van der Waals surface area contributed by atoms with Crippen molar-refractivity contribution in [1.82, 2.24) is 14.6 Å². The van der Waals surface area contributed by atoms with Gasteiger partial charge in [0, 0.05) is 11.6 Å². The van der Waals surface area contributed by atoms with Crippen molar-refractivity contribution in [3.8, 4) is 17.0 Å². The fraction of sp³-hybridized carbons (Fsp3) is 0.0769. The Morgan fingerprint density at radius 1 is 1.26 bits per heavy atom. The molecular weight excluding hydrogens is 355 g/mol. The number of aromatic nitrogens is 3. The maximum atomic E-state index is 6.00. The van der Waals surface area contributed by atoms with Crippen LogP contribution in [-0.2, 0) is 0 Å². The van der Waals surface area contributed by atoms with Gasteiger partial charge in [0.05, 0.1) is 22.6 Å². The standard InChI is InChI=1S/C13H11IN4O/c1-19-9-4-2-8(3-5-9)11-6-12(15)18-13(17-11)10(14)7-16-18/h2-7H,15H2,1H3. The molecule has 5 nitrogen and oxygen atoms in total. The van der Waals surface area contributed by atoms with Crippen molar-refractivity contribution in [2.75, 3.05) is 12.8 Å². The summed E-state index contributed by atoms with van der Waals surface area (Å²) in [5.41, 5.74) is 8.58. The molecule has 0 atom stereocenters. The van der Waals surface area contributed by atoms with Crippen molar-refractivity contribution in [3.05, 3.63) is 40.1 Å². The average Bonchev–Trinajstić information content (AvgIpc) is 2.81. The van der Waals surface area contributed by atoms with Gasteiger partial charge in [0.2, 0.25) is 0 Å². The number of ether oxygens (including phenoxy) is 1. The molecule has 0 amide bonds. The van der Waals surface area contributed by atoms with E-state index in [9.17, 15) is 0 Å². The highest BCUT2D eigenvalue weighted by atomic mass is 127. The van der Waals surface area contributed by atoms with Gasteiger partial charge in [0.1, 0.15) is 11.6 Å². The zero-order chi connectivity index (χ0) is 13.4. The first-order chi connectivity index (χ1) is 9.19. The molecule has 3 rings (SSSR count). The van der Waals surface area contributed by atoms with E-state index in [1.54, 1.807) is 17.8 Å². The Balaban J connectivity index is 2.15. The number of halogens is 1. The number of fused-ring (bicyclic) bond motifs is 1. The van der Waals surface area contributed by atoms with Crippen LogP contribution < -0.4 is 10.5 Å². The number of anilines is 1. The van der Waals surface area contributed by atoms with Gasteiger partial charge in [-0.25, -0.2) is 4.98 Å². The Morgan fingerprint density at radius 2 is 2.00 bits per heavy atom. The van der Waals surface area contributed by atoms with Crippen molar-refractivity contribution in [2.45, 2.75) is 0 Å². The third-order valence-corrected chi connectivity index (χ3v) is 3.60. The number of benzene rings is 1. The van der Waals surface area contributed by atoms with E-state index in [0.29, 0.717) is 5.82 Å².